The van der Waals surface area contributed by atoms with E-state index in [1.54, 1.807) is 0 Å². The molecule has 0 aromatic carbocycles. The molecule has 7 heteroatoms. The smallest absolute Gasteiger partial charge is 0.403 e. The Kier molecular flexibility index (Phi) is 4.98. The van der Waals surface area contributed by atoms with Crippen molar-refractivity contribution >= 4 is 17.3 Å². The van der Waals surface area contributed by atoms with Crippen LogP contribution in [0.5, 0.6) is 0 Å². The van der Waals surface area contributed by atoms with Crippen LogP contribution in [0.25, 0.3) is 0 Å². The predicted octanol–water partition coefficient (Wildman–Crippen LogP) is 2.88. The average Bonchev–Trinajstić information content (AvgIpc) is 2.75. The fraction of sp³-hybridized carbons (Fsp3) is 0.583. The quantitative estimate of drug-likeness (QED) is 0.848. The minimum Gasteiger partial charge on any atom is -0.481 e. The summed E-state index contributed by atoms with van der Waals surface area (Å²) in [5, 5.41) is 13.1. The minimum atomic E-state index is -4.73. The summed E-state index contributed by atoms with van der Waals surface area (Å²) in [5.74, 6) is -4.22. The van der Waals surface area contributed by atoms with Gasteiger partial charge in [-0.15, -0.1) is 11.3 Å². The van der Waals surface area contributed by atoms with Crippen LogP contribution in [-0.2, 0) is 10.2 Å². The summed E-state index contributed by atoms with van der Waals surface area (Å²) in [6, 6.07) is 3.78. The molecule has 3 nitrogen and oxygen atoms in total. The summed E-state index contributed by atoms with van der Waals surface area (Å²) >= 11 is 1.52. The van der Waals surface area contributed by atoms with Gasteiger partial charge in [-0.25, -0.2) is 0 Å². The van der Waals surface area contributed by atoms with Crippen LogP contribution >= 0.6 is 11.3 Å². The molecule has 1 atom stereocenters. The van der Waals surface area contributed by atoms with Crippen molar-refractivity contribution in [2.24, 2.45) is 5.92 Å². The van der Waals surface area contributed by atoms with Crippen molar-refractivity contribution in [3.05, 3.63) is 22.4 Å². The van der Waals surface area contributed by atoms with E-state index in [1.807, 2.05) is 31.4 Å². The standard InChI is InChI=1S/C12H16F3NO2S/c1-11(2,9-4-3-5-19-9)7-16-6-8(10(17)18)12(13,14)15/h3-5,8,16H,6-7H2,1-2H3,(H,17,18). The first-order chi connectivity index (χ1) is 8.64. The van der Waals surface area contributed by atoms with E-state index < -0.39 is 24.6 Å². The van der Waals surface area contributed by atoms with Gasteiger partial charge in [0.05, 0.1) is 0 Å². The molecular weight excluding hydrogens is 279 g/mol. The Morgan fingerprint density at radius 2 is 2.11 bits per heavy atom. The van der Waals surface area contributed by atoms with Crippen molar-refractivity contribution in [2.45, 2.75) is 25.4 Å². The molecule has 19 heavy (non-hydrogen) atoms. The van der Waals surface area contributed by atoms with E-state index in [-0.39, 0.29) is 12.0 Å². The highest BCUT2D eigenvalue weighted by molar-refractivity contribution is 7.10. The molecular formula is C12H16F3NO2S. The third-order valence-electron chi connectivity index (χ3n) is 2.80. The van der Waals surface area contributed by atoms with Gasteiger partial charge < -0.3 is 10.4 Å². The zero-order valence-electron chi connectivity index (χ0n) is 10.6. The zero-order valence-corrected chi connectivity index (χ0v) is 11.4. The van der Waals surface area contributed by atoms with Gasteiger partial charge in [0.2, 0.25) is 0 Å². The molecule has 0 aliphatic heterocycles. The molecule has 0 fully saturated rings. The Bertz CT molecular complexity index is 415. The third kappa shape index (κ3) is 4.50. The van der Waals surface area contributed by atoms with E-state index in [1.165, 1.54) is 11.3 Å². The lowest BCUT2D eigenvalue weighted by molar-refractivity contribution is -0.192. The van der Waals surface area contributed by atoms with Crippen LogP contribution in [0.4, 0.5) is 13.2 Å². The number of hydrogen-bond donors (Lipinski definition) is 2. The average molecular weight is 295 g/mol. The van der Waals surface area contributed by atoms with Crippen LogP contribution in [0.1, 0.15) is 18.7 Å². The summed E-state index contributed by atoms with van der Waals surface area (Å²) in [4.78, 5) is 11.6. The molecule has 1 aromatic rings. The minimum absolute atomic E-state index is 0.285. The molecule has 0 amide bonds. The fourth-order valence-electron chi connectivity index (χ4n) is 1.62. The molecule has 0 saturated heterocycles. The van der Waals surface area contributed by atoms with E-state index >= 15 is 0 Å². The van der Waals surface area contributed by atoms with Crippen LogP contribution in [0, 0.1) is 5.92 Å². The number of alkyl halides is 3. The number of rotatable bonds is 6. The van der Waals surface area contributed by atoms with Crippen LogP contribution in [0.15, 0.2) is 17.5 Å². The number of carboxylic acids is 1. The van der Waals surface area contributed by atoms with Crippen molar-refractivity contribution in [2.75, 3.05) is 13.1 Å². The highest BCUT2D eigenvalue weighted by Gasteiger charge is 2.44. The lowest BCUT2D eigenvalue weighted by atomic mass is 9.91. The van der Waals surface area contributed by atoms with Gasteiger partial charge >= 0.3 is 12.1 Å². The Balaban J connectivity index is 2.56. The number of aliphatic carboxylic acids is 1. The van der Waals surface area contributed by atoms with Crippen LogP contribution < -0.4 is 5.32 Å². The lowest BCUT2D eigenvalue weighted by Crippen LogP contribution is -2.42. The maximum absolute atomic E-state index is 12.4. The van der Waals surface area contributed by atoms with E-state index in [4.69, 9.17) is 5.11 Å². The summed E-state index contributed by atoms with van der Waals surface area (Å²) < 4.78 is 37.3. The van der Waals surface area contributed by atoms with Gasteiger partial charge in [-0.3, -0.25) is 4.79 Å². The lowest BCUT2D eigenvalue weighted by Gasteiger charge is -2.25. The van der Waals surface area contributed by atoms with E-state index in [2.05, 4.69) is 5.32 Å². The van der Waals surface area contributed by atoms with Gasteiger partial charge in [-0.2, -0.15) is 13.2 Å². The number of carbonyl (C=O) groups is 1. The highest BCUT2D eigenvalue weighted by atomic mass is 32.1. The van der Waals surface area contributed by atoms with Crippen LogP contribution in [0.2, 0.25) is 0 Å². The molecule has 0 spiro atoms. The number of thiophene rings is 1. The van der Waals surface area contributed by atoms with Crippen molar-refractivity contribution in [3.63, 3.8) is 0 Å². The maximum Gasteiger partial charge on any atom is 0.403 e. The summed E-state index contributed by atoms with van der Waals surface area (Å²) in [5.41, 5.74) is -0.331. The molecule has 0 radical (unpaired) electrons. The van der Waals surface area contributed by atoms with Crippen molar-refractivity contribution in [1.29, 1.82) is 0 Å². The van der Waals surface area contributed by atoms with Crippen LogP contribution in [0.3, 0.4) is 0 Å². The zero-order chi connectivity index (χ0) is 14.7. The van der Waals surface area contributed by atoms with Gasteiger partial charge in [0.1, 0.15) is 0 Å². The maximum atomic E-state index is 12.4. The molecule has 1 heterocycles. The third-order valence-corrected chi connectivity index (χ3v) is 4.03. The largest absolute Gasteiger partial charge is 0.481 e. The van der Waals surface area contributed by atoms with E-state index in [0.29, 0.717) is 0 Å². The van der Waals surface area contributed by atoms with Gasteiger partial charge in [0.15, 0.2) is 5.92 Å². The summed E-state index contributed by atoms with van der Waals surface area (Å²) in [6.45, 7) is 3.46. The SMILES string of the molecule is CC(C)(CNCC(C(=O)O)C(F)(F)F)c1cccs1. The van der Waals surface area contributed by atoms with Crippen molar-refractivity contribution in [3.8, 4) is 0 Å². The first-order valence-corrected chi connectivity index (χ1v) is 6.57. The van der Waals surface area contributed by atoms with Crippen LogP contribution in [-0.4, -0.2) is 30.3 Å². The fourth-order valence-corrected chi connectivity index (χ4v) is 2.47. The van der Waals surface area contributed by atoms with E-state index in [0.717, 1.165) is 4.88 Å². The Hall–Kier alpha value is -1.08. The highest BCUT2D eigenvalue weighted by Crippen LogP contribution is 2.28. The predicted molar refractivity (Wildman–Crippen MR) is 67.4 cm³/mol. The molecule has 1 unspecified atom stereocenters. The molecule has 1 aromatic heterocycles. The normalized spacial score (nSPS) is 14.4. The molecule has 0 bridgehead atoms. The first-order valence-electron chi connectivity index (χ1n) is 5.69. The second-order valence-electron chi connectivity index (χ2n) is 4.92. The number of hydrogen-bond acceptors (Lipinski definition) is 3. The number of halogens is 3. The molecule has 0 saturated carbocycles. The second kappa shape index (κ2) is 5.92. The molecule has 0 aliphatic carbocycles. The number of nitrogens with one attached hydrogen (secondary N) is 1. The molecule has 2 N–H and O–H groups in total. The monoisotopic (exact) mass is 295 g/mol. The van der Waals surface area contributed by atoms with Gasteiger partial charge in [0.25, 0.3) is 0 Å². The number of carboxylic acid groups (broad SMARTS) is 1. The topological polar surface area (TPSA) is 49.3 Å². The van der Waals surface area contributed by atoms with Crippen molar-refractivity contribution in [1.82, 2.24) is 5.32 Å². The first kappa shape index (κ1) is 16.0. The molecule has 1 rings (SSSR count). The molecule has 108 valence electrons. The van der Waals surface area contributed by atoms with E-state index in [9.17, 15) is 18.0 Å². The Morgan fingerprint density at radius 3 is 2.53 bits per heavy atom. The second-order valence-corrected chi connectivity index (χ2v) is 5.87. The van der Waals surface area contributed by atoms with Crippen molar-refractivity contribution < 1.29 is 23.1 Å². The Labute approximate surface area is 113 Å². The Morgan fingerprint density at radius 1 is 1.47 bits per heavy atom. The summed E-state index contributed by atoms with van der Waals surface area (Å²) in [7, 11) is 0. The van der Waals surface area contributed by atoms with Gasteiger partial charge in [-0.05, 0) is 11.4 Å². The van der Waals surface area contributed by atoms with Gasteiger partial charge in [0, 0.05) is 23.4 Å². The van der Waals surface area contributed by atoms with Gasteiger partial charge in [-0.1, -0.05) is 19.9 Å². The summed E-state index contributed by atoms with van der Waals surface area (Å²) in [6.07, 6.45) is -4.73. The molecule has 0 aliphatic rings.